The fourth-order valence-electron chi connectivity index (χ4n) is 2.84. The molecular formula is C21H21ClN4O4S. The van der Waals surface area contributed by atoms with E-state index in [1.807, 2.05) is 6.92 Å². The molecule has 1 heterocycles. The molecule has 0 saturated carbocycles. The Labute approximate surface area is 187 Å². The Balaban J connectivity index is 2.00. The summed E-state index contributed by atoms with van der Waals surface area (Å²) in [7, 11) is 1.51. The van der Waals surface area contributed by atoms with Crippen molar-refractivity contribution in [3.8, 4) is 11.4 Å². The number of hydrogen-bond donors (Lipinski definition) is 2. The van der Waals surface area contributed by atoms with Gasteiger partial charge in [0.2, 0.25) is 5.91 Å². The van der Waals surface area contributed by atoms with Gasteiger partial charge in [-0.2, -0.15) is 0 Å². The van der Waals surface area contributed by atoms with E-state index < -0.39 is 11.9 Å². The molecule has 3 rings (SSSR count). The molecule has 2 aromatic carbocycles. The molecule has 1 aromatic heterocycles. The zero-order valence-electron chi connectivity index (χ0n) is 17.0. The van der Waals surface area contributed by atoms with Crippen LogP contribution in [0.1, 0.15) is 13.3 Å². The number of thioether (sulfide) groups is 1. The Hall–Kier alpha value is -3.04. The van der Waals surface area contributed by atoms with Gasteiger partial charge < -0.3 is 10.1 Å². The number of amides is 3. The topological polar surface area (TPSA) is 102 Å². The highest BCUT2D eigenvalue weighted by atomic mass is 35.5. The maximum atomic E-state index is 13.3. The fourth-order valence-corrected chi connectivity index (χ4v) is 3.81. The predicted molar refractivity (Wildman–Crippen MR) is 121 cm³/mol. The zero-order valence-corrected chi connectivity index (χ0v) is 18.5. The van der Waals surface area contributed by atoms with E-state index in [9.17, 15) is 14.4 Å². The minimum absolute atomic E-state index is 0.118. The lowest BCUT2D eigenvalue weighted by Crippen LogP contribution is -2.40. The van der Waals surface area contributed by atoms with Crippen molar-refractivity contribution in [2.45, 2.75) is 18.5 Å². The van der Waals surface area contributed by atoms with Crippen LogP contribution in [-0.2, 0) is 4.79 Å². The number of imide groups is 1. The molecule has 0 atom stereocenters. The summed E-state index contributed by atoms with van der Waals surface area (Å²) >= 11 is 7.10. The number of carbonyl (C=O) groups is 2. The average molecular weight is 461 g/mol. The minimum Gasteiger partial charge on any atom is -0.495 e. The Bertz CT molecular complexity index is 1180. The zero-order chi connectivity index (χ0) is 22.4. The molecule has 0 unspecified atom stereocenters. The van der Waals surface area contributed by atoms with Crippen LogP contribution >= 0.6 is 23.4 Å². The Kier molecular flexibility index (Phi) is 7.54. The molecule has 10 heteroatoms. The number of aromatic nitrogens is 2. The van der Waals surface area contributed by atoms with Gasteiger partial charge in [-0.05, 0) is 36.8 Å². The number of nitrogens with one attached hydrogen (secondary N) is 2. The first kappa shape index (κ1) is 22.6. The molecule has 0 radical (unpaired) electrons. The van der Waals surface area contributed by atoms with Crippen LogP contribution in [0.4, 0.5) is 4.79 Å². The van der Waals surface area contributed by atoms with Crippen molar-refractivity contribution in [1.29, 1.82) is 0 Å². The number of ether oxygens (including phenoxy) is 1. The van der Waals surface area contributed by atoms with Crippen LogP contribution in [0.3, 0.4) is 0 Å². The van der Waals surface area contributed by atoms with Crippen molar-refractivity contribution in [3.05, 3.63) is 57.8 Å². The molecule has 8 nitrogen and oxygen atoms in total. The van der Waals surface area contributed by atoms with Crippen LogP contribution in [0.5, 0.6) is 5.75 Å². The second-order valence-electron chi connectivity index (χ2n) is 6.46. The number of benzene rings is 2. The van der Waals surface area contributed by atoms with Gasteiger partial charge in [0.05, 0.1) is 29.5 Å². The minimum atomic E-state index is -0.562. The summed E-state index contributed by atoms with van der Waals surface area (Å²) in [5.74, 6) is -0.150. The van der Waals surface area contributed by atoms with Crippen molar-refractivity contribution in [1.82, 2.24) is 20.2 Å². The van der Waals surface area contributed by atoms with Gasteiger partial charge in [-0.15, -0.1) is 0 Å². The van der Waals surface area contributed by atoms with Gasteiger partial charge in [0.25, 0.3) is 5.56 Å². The highest BCUT2D eigenvalue weighted by Crippen LogP contribution is 2.27. The second-order valence-corrected chi connectivity index (χ2v) is 7.84. The van der Waals surface area contributed by atoms with Gasteiger partial charge in [0.15, 0.2) is 5.16 Å². The summed E-state index contributed by atoms with van der Waals surface area (Å²) in [4.78, 5) is 41.8. The van der Waals surface area contributed by atoms with E-state index in [0.29, 0.717) is 33.9 Å². The van der Waals surface area contributed by atoms with Crippen LogP contribution in [0.15, 0.2) is 52.4 Å². The molecule has 3 amide bonds. The van der Waals surface area contributed by atoms with Crippen LogP contribution < -0.4 is 20.9 Å². The summed E-state index contributed by atoms with van der Waals surface area (Å²) in [6.45, 7) is 2.37. The SMILES string of the molecule is CCCNC(=O)NC(=O)CSc1nc2cc(Cl)ccc2c(=O)n1-c1ccccc1OC. The van der Waals surface area contributed by atoms with Crippen molar-refractivity contribution in [2.24, 2.45) is 0 Å². The van der Waals surface area contributed by atoms with E-state index in [4.69, 9.17) is 16.3 Å². The average Bonchev–Trinajstić information content (AvgIpc) is 2.76. The van der Waals surface area contributed by atoms with Crippen molar-refractivity contribution < 1.29 is 14.3 Å². The second kappa shape index (κ2) is 10.3. The standard InChI is InChI=1S/C21H21ClN4O4S/c1-3-10-23-20(29)25-18(27)12-31-21-24-15-11-13(22)8-9-14(15)19(28)26(21)16-6-4-5-7-17(16)30-2/h4-9,11H,3,10,12H2,1-2H3,(H2,23,25,27,29). The van der Waals surface area contributed by atoms with Crippen LogP contribution in [0, 0.1) is 0 Å². The Morgan fingerprint density at radius 1 is 1.23 bits per heavy atom. The lowest BCUT2D eigenvalue weighted by molar-refractivity contribution is -0.117. The van der Waals surface area contributed by atoms with E-state index >= 15 is 0 Å². The largest absolute Gasteiger partial charge is 0.495 e. The smallest absolute Gasteiger partial charge is 0.321 e. The van der Waals surface area contributed by atoms with E-state index in [0.717, 1.165) is 18.2 Å². The quantitative estimate of drug-likeness (QED) is 0.414. The molecule has 0 aliphatic heterocycles. The molecule has 0 bridgehead atoms. The first-order valence-electron chi connectivity index (χ1n) is 9.50. The molecule has 0 spiro atoms. The summed E-state index contributed by atoms with van der Waals surface area (Å²) in [6, 6.07) is 11.3. The van der Waals surface area contributed by atoms with Crippen molar-refractivity contribution in [3.63, 3.8) is 0 Å². The Morgan fingerprint density at radius 2 is 2.00 bits per heavy atom. The maximum Gasteiger partial charge on any atom is 0.321 e. The van der Waals surface area contributed by atoms with Gasteiger partial charge in [0, 0.05) is 11.6 Å². The number of methoxy groups -OCH3 is 1. The molecular weight excluding hydrogens is 440 g/mol. The molecule has 3 aromatic rings. The molecule has 0 aliphatic rings. The third-order valence-corrected chi connectivity index (χ3v) is 5.42. The summed E-state index contributed by atoms with van der Waals surface area (Å²) in [5, 5.41) is 5.92. The number of carbonyl (C=O) groups excluding carboxylic acids is 2. The summed E-state index contributed by atoms with van der Waals surface area (Å²) in [6.07, 6.45) is 0.755. The normalized spacial score (nSPS) is 10.7. The molecule has 0 fully saturated rings. The Morgan fingerprint density at radius 3 is 2.74 bits per heavy atom. The fraction of sp³-hybridized carbons (Fsp3) is 0.238. The number of halogens is 1. The number of para-hydroxylation sites is 2. The molecule has 31 heavy (non-hydrogen) atoms. The summed E-state index contributed by atoms with van der Waals surface area (Å²) in [5.41, 5.74) is 0.574. The monoisotopic (exact) mass is 460 g/mol. The van der Waals surface area contributed by atoms with Crippen molar-refractivity contribution >= 4 is 46.2 Å². The van der Waals surface area contributed by atoms with E-state index in [2.05, 4.69) is 15.6 Å². The summed E-state index contributed by atoms with van der Waals surface area (Å²) < 4.78 is 6.80. The number of urea groups is 1. The van der Waals surface area contributed by atoms with Gasteiger partial charge >= 0.3 is 6.03 Å². The van der Waals surface area contributed by atoms with Crippen LogP contribution in [0.2, 0.25) is 5.02 Å². The highest BCUT2D eigenvalue weighted by Gasteiger charge is 2.18. The van der Waals surface area contributed by atoms with Crippen molar-refractivity contribution in [2.75, 3.05) is 19.4 Å². The lowest BCUT2D eigenvalue weighted by atomic mass is 10.2. The highest BCUT2D eigenvalue weighted by molar-refractivity contribution is 7.99. The van der Waals surface area contributed by atoms with E-state index in [1.165, 1.54) is 11.7 Å². The van der Waals surface area contributed by atoms with Gasteiger partial charge in [-0.3, -0.25) is 19.5 Å². The number of rotatable bonds is 7. The maximum absolute atomic E-state index is 13.3. The predicted octanol–water partition coefficient (Wildman–Crippen LogP) is 3.38. The molecule has 162 valence electrons. The molecule has 0 saturated heterocycles. The third kappa shape index (κ3) is 5.36. The molecule has 0 aliphatic carbocycles. The number of hydrogen-bond acceptors (Lipinski definition) is 6. The number of nitrogens with zero attached hydrogens (tertiary/aromatic N) is 2. The van der Waals surface area contributed by atoms with Crippen LogP contribution in [-0.4, -0.2) is 40.9 Å². The molecule has 2 N–H and O–H groups in total. The first-order chi connectivity index (χ1) is 14.9. The van der Waals surface area contributed by atoms with E-state index in [-0.39, 0.29) is 16.5 Å². The van der Waals surface area contributed by atoms with Gasteiger partial charge in [-0.1, -0.05) is 42.4 Å². The van der Waals surface area contributed by atoms with Crippen LogP contribution in [0.25, 0.3) is 16.6 Å². The van der Waals surface area contributed by atoms with Gasteiger partial charge in [0.1, 0.15) is 5.75 Å². The third-order valence-electron chi connectivity index (χ3n) is 4.25. The number of fused-ring (bicyclic) bond motifs is 1. The van der Waals surface area contributed by atoms with Gasteiger partial charge in [-0.25, -0.2) is 9.78 Å². The van der Waals surface area contributed by atoms with E-state index in [1.54, 1.807) is 42.5 Å². The first-order valence-corrected chi connectivity index (χ1v) is 10.9. The lowest BCUT2D eigenvalue weighted by Gasteiger charge is -2.15.